The Morgan fingerprint density at radius 2 is 0.833 bits per heavy atom. The van der Waals surface area contributed by atoms with Gasteiger partial charge in [-0.3, -0.25) is 0 Å². The van der Waals surface area contributed by atoms with Crippen LogP contribution in [0.15, 0.2) is 121 Å². The van der Waals surface area contributed by atoms with E-state index in [2.05, 4.69) is 0 Å². The molecular formula is C33H26O9. The molecule has 1 aliphatic rings. The van der Waals surface area contributed by atoms with Gasteiger partial charge in [0.2, 0.25) is 12.4 Å². The molecule has 1 unspecified atom stereocenters. The van der Waals surface area contributed by atoms with Gasteiger partial charge in [0.05, 0.1) is 22.3 Å². The highest BCUT2D eigenvalue weighted by molar-refractivity contribution is 5.91. The van der Waals surface area contributed by atoms with Crippen LogP contribution in [0.4, 0.5) is 0 Å². The lowest BCUT2D eigenvalue weighted by Crippen LogP contribution is -2.42. The van der Waals surface area contributed by atoms with Crippen LogP contribution in [-0.2, 0) is 23.7 Å². The smallest absolute Gasteiger partial charge is 0.340 e. The van der Waals surface area contributed by atoms with Gasteiger partial charge < -0.3 is 23.7 Å². The number of carbonyl (C=O) groups is 4. The Morgan fingerprint density at radius 1 is 0.476 bits per heavy atom. The van der Waals surface area contributed by atoms with Crippen molar-refractivity contribution in [1.29, 1.82) is 0 Å². The number of ether oxygens (including phenoxy) is 5. The first kappa shape index (κ1) is 28.3. The van der Waals surface area contributed by atoms with Crippen molar-refractivity contribution in [2.75, 3.05) is 6.61 Å². The molecule has 212 valence electrons. The summed E-state index contributed by atoms with van der Waals surface area (Å²) in [5, 5.41) is 0. The zero-order valence-corrected chi connectivity index (χ0v) is 22.2. The van der Waals surface area contributed by atoms with Crippen LogP contribution in [0.2, 0.25) is 0 Å². The molecule has 0 amide bonds. The van der Waals surface area contributed by atoms with E-state index >= 15 is 0 Å². The quantitative estimate of drug-likeness (QED) is 0.207. The van der Waals surface area contributed by atoms with E-state index < -0.39 is 48.5 Å². The Bertz CT molecular complexity index is 1510. The Labute approximate surface area is 241 Å². The summed E-state index contributed by atoms with van der Waals surface area (Å²) < 4.78 is 28.6. The monoisotopic (exact) mass is 566 g/mol. The highest BCUT2D eigenvalue weighted by atomic mass is 16.8. The van der Waals surface area contributed by atoms with E-state index in [9.17, 15) is 19.2 Å². The number of hydrogen-bond acceptors (Lipinski definition) is 9. The van der Waals surface area contributed by atoms with Gasteiger partial charge in [-0.2, -0.15) is 0 Å². The average molecular weight is 567 g/mol. The molecule has 4 aromatic rings. The number of carbonyl (C=O) groups excluding carboxylic acids is 4. The normalized spacial score (nSPS) is 19.3. The molecule has 0 saturated carbocycles. The third kappa shape index (κ3) is 6.89. The van der Waals surface area contributed by atoms with Gasteiger partial charge in [-0.05, 0) is 48.5 Å². The maximum absolute atomic E-state index is 13.1. The molecule has 1 fully saturated rings. The second-order valence-corrected chi connectivity index (χ2v) is 9.25. The van der Waals surface area contributed by atoms with Crippen LogP contribution in [0.3, 0.4) is 0 Å². The number of esters is 4. The van der Waals surface area contributed by atoms with E-state index in [0.29, 0.717) is 5.56 Å². The molecule has 0 spiro atoms. The highest BCUT2D eigenvalue weighted by Gasteiger charge is 2.52. The maximum atomic E-state index is 13.1. The Morgan fingerprint density at radius 3 is 1.26 bits per heavy atom. The van der Waals surface area contributed by atoms with E-state index in [1.807, 2.05) is 0 Å². The zero-order chi connectivity index (χ0) is 29.3. The van der Waals surface area contributed by atoms with Crippen LogP contribution in [0.25, 0.3) is 0 Å². The standard InChI is InChI=1S/C33H26O9/c34-29(22-13-5-1-6-14-22)38-21-26-27(40-30(35)23-15-7-2-8-16-23)28(41-31(36)24-17-9-3-10-18-24)33(39-26)42-32(37)25-19-11-4-12-20-25/h1-20,26-28,33H,21H2/t26-,27-,28-,33?/m0/s1. The maximum Gasteiger partial charge on any atom is 0.340 e. The second kappa shape index (κ2) is 13.4. The molecule has 0 N–H and O–H groups in total. The van der Waals surface area contributed by atoms with Gasteiger partial charge in [-0.25, -0.2) is 19.2 Å². The molecule has 1 aliphatic heterocycles. The number of hydrogen-bond donors (Lipinski definition) is 0. The van der Waals surface area contributed by atoms with Gasteiger partial charge >= 0.3 is 23.9 Å². The average Bonchev–Trinajstić information content (AvgIpc) is 3.35. The van der Waals surface area contributed by atoms with Crippen molar-refractivity contribution in [3.8, 4) is 0 Å². The van der Waals surface area contributed by atoms with Gasteiger partial charge in [0, 0.05) is 0 Å². The van der Waals surface area contributed by atoms with Crippen molar-refractivity contribution in [3.05, 3.63) is 144 Å². The van der Waals surface area contributed by atoms with E-state index in [1.54, 1.807) is 121 Å². The second-order valence-electron chi connectivity index (χ2n) is 9.25. The molecule has 9 heteroatoms. The first-order chi connectivity index (χ1) is 20.5. The van der Waals surface area contributed by atoms with Crippen LogP contribution in [0, 0.1) is 0 Å². The fourth-order valence-corrected chi connectivity index (χ4v) is 4.28. The van der Waals surface area contributed by atoms with Crippen LogP contribution in [0.5, 0.6) is 0 Å². The van der Waals surface area contributed by atoms with Crippen molar-refractivity contribution < 1.29 is 42.9 Å². The molecule has 9 nitrogen and oxygen atoms in total. The predicted octanol–water partition coefficient (Wildman–Crippen LogP) is 4.88. The molecule has 4 aromatic carbocycles. The Hall–Kier alpha value is -5.28. The molecule has 1 heterocycles. The largest absolute Gasteiger partial charge is 0.459 e. The van der Waals surface area contributed by atoms with Crippen LogP contribution in [0.1, 0.15) is 41.4 Å². The van der Waals surface area contributed by atoms with Crippen molar-refractivity contribution in [2.45, 2.75) is 24.6 Å². The minimum Gasteiger partial charge on any atom is -0.459 e. The fourth-order valence-electron chi connectivity index (χ4n) is 4.28. The van der Waals surface area contributed by atoms with Gasteiger partial charge in [0.1, 0.15) is 12.7 Å². The number of rotatable bonds is 9. The molecule has 42 heavy (non-hydrogen) atoms. The SMILES string of the molecule is O=C(OC[C@@H]1OC(OC(=O)c2ccccc2)[C@@H](OC(=O)c2ccccc2)[C@H]1OC(=O)c1ccccc1)c1ccccc1. The van der Waals surface area contributed by atoms with Gasteiger partial charge in [-0.15, -0.1) is 0 Å². The van der Waals surface area contributed by atoms with Crippen LogP contribution < -0.4 is 0 Å². The first-order valence-corrected chi connectivity index (χ1v) is 13.2. The van der Waals surface area contributed by atoms with Crippen molar-refractivity contribution in [2.24, 2.45) is 0 Å². The van der Waals surface area contributed by atoms with Gasteiger partial charge in [0.25, 0.3) is 0 Å². The number of benzene rings is 4. The molecule has 1 saturated heterocycles. The lowest BCUT2D eigenvalue weighted by molar-refractivity contribution is -0.141. The molecule has 0 radical (unpaired) electrons. The van der Waals surface area contributed by atoms with E-state index in [1.165, 1.54) is 0 Å². The first-order valence-electron chi connectivity index (χ1n) is 13.2. The lowest BCUT2D eigenvalue weighted by atomic mass is 10.1. The summed E-state index contributed by atoms with van der Waals surface area (Å²) in [4.78, 5) is 51.9. The molecule has 0 aromatic heterocycles. The molecule has 5 rings (SSSR count). The zero-order valence-electron chi connectivity index (χ0n) is 22.2. The Balaban J connectivity index is 1.43. The summed E-state index contributed by atoms with van der Waals surface area (Å²) in [5.74, 6) is -2.89. The summed E-state index contributed by atoms with van der Waals surface area (Å²) in [6, 6.07) is 32.8. The molecular weight excluding hydrogens is 540 g/mol. The van der Waals surface area contributed by atoms with Gasteiger partial charge in [-0.1, -0.05) is 72.8 Å². The summed E-state index contributed by atoms with van der Waals surface area (Å²) in [5.41, 5.74) is 0.978. The van der Waals surface area contributed by atoms with Crippen molar-refractivity contribution >= 4 is 23.9 Å². The van der Waals surface area contributed by atoms with E-state index in [4.69, 9.17) is 23.7 Å². The lowest BCUT2D eigenvalue weighted by Gasteiger charge is -2.24. The molecule has 0 bridgehead atoms. The van der Waals surface area contributed by atoms with Crippen LogP contribution >= 0.6 is 0 Å². The van der Waals surface area contributed by atoms with Crippen molar-refractivity contribution in [3.63, 3.8) is 0 Å². The third-order valence-corrected chi connectivity index (χ3v) is 6.39. The minimum atomic E-state index is -1.49. The summed E-state index contributed by atoms with van der Waals surface area (Å²) in [6.45, 7) is -0.390. The summed E-state index contributed by atoms with van der Waals surface area (Å²) in [7, 11) is 0. The van der Waals surface area contributed by atoms with Gasteiger partial charge in [0.15, 0.2) is 6.10 Å². The topological polar surface area (TPSA) is 114 Å². The Kier molecular flexibility index (Phi) is 9.00. The summed E-state index contributed by atoms with van der Waals surface area (Å²) >= 11 is 0. The third-order valence-electron chi connectivity index (χ3n) is 6.39. The molecule has 0 aliphatic carbocycles. The highest BCUT2D eigenvalue weighted by Crippen LogP contribution is 2.30. The van der Waals surface area contributed by atoms with E-state index in [-0.39, 0.29) is 23.3 Å². The summed E-state index contributed by atoms with van der Waals surface area (Å²) in [6.07, 6.45) is -5.33. The predicted molar refractivity (Wildman–Crippen MR) is 149 cm³/mol. The van der Waals surface area contributed by atoms with Crippen LogP contribution in [-0.4, -0.2) is 55.1 Å². The molecule has 4 atom stereocenters. The van der Waals surface area contributed by atoms with Crippen molar-refractivity contribution in [1.82, 2.24) is 0 Å². The minimum absolute atomic E-state index is 0.220. The fraction of sp³-hybridized carbons (Fsp3) is 0.152. The van der Waals surface area contributed by atoms with E-state index in [0.717, 1.165) is 0 Å².